The number of fused-ring (bicyclic) bond motifs is 1. The van der Waals surface area contributed by atoms with Gasteiger partial charge in [-0.15, -0.1) is 11.3 Å². The Labute approximate surface area is 144 Å². The molecule has 0 spiro atoms. The van der Waals surface area contributed by atoms with Gasteiger partial charge in [0.1, 0.15) is 12.2 Å². The van der Waals surface area contributed by atoms with Gasteiger partial charge in [-0.2, -0.15) is 0 Å². The zero-order valence-electron chi connectivity index (χ0n) is 13.5. The third-order valence-corrected chi connectivity index (χ3v) is 5.68. The first-order valence-corrected chi connectivity index (χ1v) is 9.12. The molecule has 4 heterocycles. The van der Waals surface area contributed by atoms with Crippen molar-refractivity contribution in [3.05, 3.63) is 40.2 Å². The topological polar surface area (TPSA) is 47.5 Å². The van der Waals surface area contributed by atoms with Crippen molar-refractivity contribution >= 4 is 11.3 Å². The summed E-state index contributed by atoms with van der Waals surface area (Å²) in [5, 5.41) is 0. The van der Waals surface area contributed by atoms with Crippen LogP contribution in [0.5, 0.6) is 5.88 Å². The second-order valence-electron chi connectivity index (χ2n) is 6.28. The normalized spacial score (nSPS) is 27.2. The molecule has 3 atom stereocenters. The van der Waals surface area contributed by atoms with Crippen molar-refractivity contribution < 1.29 is 13.9 Å². The number of nitrogens with zero attached hydrogens (tertiary/aromatic N) is 3. The van der Waals surface area contributed by atoms with E-state index in [0.717, 1.165) is 31.7 Å². The lowest BCUT2D eigenvalue weighted by atomic mass is 10.0. The number of hydrogen-bond donors (Lipinski definition) is 0. The Morgan fingerprint density at radius 1 is 1.46 bits per heavy atom. The predicted octanol–water partition coefficient (Wildman–Crippen LogP) is 2.80. The van der Waals surface area contributed by atoms with Crippen molar-refractivity contribution in [1.29, 1.82) is 0 Å². The molecular formula is C17H20FN3O2S. The van der Waals surface area contributed by atoms with Gasteiger partial charge in [-0.05, 0) is 31.9 Å². The molecule has 128 valence electrons. The molecule has 7 heteroatoms. The van der Waals surface area contributed by atoms with Crippen LogP contribution in [0.1, 0.15) is 23.4 Å². The van der Waals surface area contributed by atoms with Crippen LogP contribution in [0.3, 0.4) is 0 Å². The van der Waals surface area contributed by atoms with E-state index in [0.29, 0.717) is 12.6 Å². The van der Waals surface area contributed by atoms with Gasteiger partial charge in [-0.25, -0.2) is 14.4 Å². The van der Waals surface area contributed by atoms with Crippen LogP contribution in [-0.2, 0) is 11.3 Å². The van der Waals surface area contributed by atoms with Gasteiger partial charge >= 0.3 is 0 Å². The van der Waals surface area contributed by atoms with Crippen molar-refractivity contribution in [2.45, 2.75) is 44.6 Å². The smallest absolute Gasteiger partial charge is 0.250 e. The standard InChI is InChI=1S/C17H20FN3O2S/c1-11-15(24-10-20-11)9-21-8-14(16-13(21)5-3-7-22-16)23-17-12(18)4-2-6-19-17/h2,4,6,10,13-14,16H,3,5,7-9H2,1H3/t13-,14+,16+/m0/s1. The summed E-state index contributed by atoms with van der Waals surface area (Å²) in [4.78, 5) is 12.0. The van der Waals surface area contributed by atoms with E-state index < -0.39 is 5.82 Å². The number of aryl methyl sites for hydroxylation is 1. The van der Waals surface area contributed by atoms with Gasteiger partial charge in [0.2, 0.25) is 0 Å². The lowest BCUT2D eigenvalue weighted by Gasteiger charge is -2.32. The molecule has 0 saturated carbocycles. The van der Waals surface area contributed by atoms with Crippen LogP contribution in [-0.4, -0.2) is 46.3 Å². The molecule has 2 saturated heterocycles. The Hall–Kier alpha value is -1.57. The molecular weight excluding hydrogens is 329 g/mol. The van der Waals surface area contributed by atoms with Crippen LogP contribution in [0.2, 0.25) is 0 Å². The van der Waals surface area contributed by atoms with E-state index in [9.17, 15) is 4.39 Å². The highest BCUT2D eigenvalue weighted by Crippen LogP contribution is 2.33. The summed E-state index contributed by atoms with van der Waals surface area (Å²) in [7, 11) is 0. The van der Waals surface area contributed by atoms with E-state index in [1.165, 1.54) is 10.9 Å². The highest BCUT2D eigenvalue weighted by Gasteiger charge is 2.45. The minimum Gasteiger partial charge on any atom is -0.468 e. The molecule has 24 heavy (non-hydrogen) atoms. The number of halogens is 1. The summed E-state index contributed by atoms with van der Waals surface area (Å²) in [5.41, 5.74) is 2.96. The predicted molar refractivity (Wildman–Crippen MR) is 88.6 cm³/mol. The van der Waals surface area contributed by atoms with Gasteiger partial charge < -0.3 is 9.47 Å². The lowest BCUT2D eigenvalue weighted by molar-refractivity contribution is -0.0486. The van der Waals surface area contributed by atoms with Crippen molar-refractivity contribution in [2.24, 2.45) is 0 Å². The summed E-state index contributed by atoms with van der Waals surface area (Å²) in [6.07, 6.45) is 3.43. The maximum atomic E-state index is 13.9. The van der Waals surface area contributed by atoms with E-state index in [1.54, 1.807) is 23.6 Å². The molecule has 2 fully saturated rings. The first kappa shape index (κ1) is 15.9. The fraction of sp³-hybridized carbons (Fsp3) is 0.529. The quantitative estimate of drug-likeness (QED) is 0.849. The van der Waals surface area contributed by atoms with E-state index in [2.05, 4.69) is 14.9 Å². The Bertz CT molecular complexity index is 711. The molecule has 0 N–H and O–H groups in total. The van der Waals surface area contributed by atoms with E-state index in [1.807, 2.05) is 12.4 Å². The molecule has 0 bridgehead atoms. The zero-order valence-corrected chi connectivity index (χ0v) is 14.3. The number of rotatable bonds is 4. The Kier molecular flexibility index (Phi) is 4.47. The van der Waals surface area contributed by atoms with Crippen LogP contribution in [0.4, 0.5) is 4.39 Å². The van der Waals surface area contributed by atoms with Gasteiger partial charge in [0.25, 0.3) is 5.88 Å². The summed E-state index contributed by atoms with van der Waals surface area (Å²) < 4.78 is 25.7. The fourth-order valence-electron chi connectivity index (χ4n) is 3.55. The van der Waals surface area contributed by atoms with E-state index >= 15 is 0 Å². The van der Waals surface area contributed by atoms with Gasteiger partial charge in [-0.1, -0.05) is 0 Å². The van der Waals surface area contributed by atoms with Gasteiger partial charge in [0.15, 0.2) is 5.82 Å². The number of likely N-dealkylation sites (tertiary alicyclic amines) is 1. The van der Waals surface area contributed by atoms with Gasteiger partial charge in [-0.3, -0.25) is 4.90 Å². The van der Waals surface area contributed by atoms with E-state index in [-0.39, 0.29) is 18.1 Å². The van der Waals surface area contributed by atoms with Crippen LogP contribution in [0, 0.1) is 12.7 Å². The molecule has 4 rings (SSSR count). The summed E-state index contributed by atoms with van der Waals surface area (Å²) >= 11 is 1.68. The first-order valence-electron chi connectivity index (χ1n) is 8.24. The number of hydrogen-bond acceptors (Lipinski definition) is 6. The molecule has 2 aromatic rings. The van der Waals surface area contributed by atoms with Crippen LogP contribution < -0.4 is 4.74 Å². The summed E-state index contributed by atoms with van der Waals surface area (Å²) in [6.45, 7) is 4.32. The molecule has 0 aromatic carbocycles. The minimum atomic E-state index is -0.429. The molecule has 2 aromatic heterocycles. The zero-order chi connectivity index (χ0) is 16.5. The third-order valence-electron chi connectivity index (χ3n) is 4.76. The maximum absolute atomic E-state index is 13.9. The van der Waals surface area contributed by atoms with Crippen LogP contribution >= 0.6 is 11.3 Å². The minimum absolute atomic E-state index is 0.0339. The van der Waals surface area contributed by atoms with Crippen molar-refractivity contribution in [1.82, 2.24) is 14.9 Å². The highest BCUT2D eigenvalue weighted by atomic mass is 32.1. The SMILES string of the molecule is Cc1ncsc1CN1C[C@@H](Oc2ncccc2F)[C@@H]2OCCC[C@@H]21. The average Bonchev–Trinajstić information content (AvgIpc) is 3.15. The fourth-order valence-corrected chi connectivity index (χ4v) is 4.35. The second-order valence-corrected chi connectivity index (χ2v) is 7.22. The molecule has 0 aliphatic carbocycles. The Morgan fingerprint density at radius 3 is 3.17 bits per heavy atom. The molecule has 2 aliphatic rings. The third kappa shape index (κ3) is 3.03. The van der Waals surface area contributed by atoms with Gasteiger partial charge in [0.05, 0.1) is 11.2 Å². The summed E-state index contributed by atoms with van der Waals surface area (Å²) in [5.74, 6) is -0.368. The van der Waals surface area contributed by atoms with Crippen molar-refractivity contribution in [2.75, 3.05) is 13.2 Å². The molecule has 0 amide bonds. The average molecular weight is 349 g/mol. The second kappa shape index (κ2) is 6.74. The lowest BCUT2D eigenvalue weighted by Crippen LogP contribution is -2.42. The maximum Gasteiger partial charge on any atom is 0.250 e. The molecule has 0 radical (unpaired) electrons. The number of aromatic nitrogens is 2. The number of ether oxygens (including phenoxy) is 2. The van der Waals surface area contributed by atoms with Crippen molar-refractivity contribution in [3.63, 3.8) is 0 Å². The molecule has 2 aliphatic heterocycles. The summed E-state index contributed by atoms with van der Waals surface area (Å²) in [6, 6.07) is 3.24. The largest absolute Gasteiger partial charge is 0.468 e. The van der Waals surface area contributed by atoms with Gasteiger partial charge in [0, 0.05) is 36.8 Å². The number of thiazole rings is 1. The monoisotopic (exact) mass is 349 g/mol. The Balaban J connectivity index is 1.53. The number of pyridine rings is 1. The first-order chi connectivity index (χ1) is 11.7. The van der Waals surface area contributed by atoms with Crippen LogP contribution in [0.25, 0.3) is 0 Å². The highest BCUT2D eigenvalue weighted by molar-refractivity contribution is 7.09. The molecule has 5 nitrogen and oxygen atoms in total. The van der Waals surface area contributed by atoms with Crippen molar-refractivity contribution in [3.8, 4) is 5.88 Å². The Morgan fingerprint density at radius 2 is 2.38 bits per heavy atom. The van der Waals surface area contributed by atoms with Crippen LogP contribution in [0.15, 0.2) is 23.8 Å². The molecule has 0 unspecified atom stereocenters. The van der Waals surface area contributed by atoms with E-state index in [4.69, 9.17) is 9.47 Å².